The Bertz CT molecular complexity index is 336. The van der Waals surface area contributed by atoms with Gasteiger partial charge in [-0.3, -0.25) is 4.79 Å². The number of hydrogen-bond donors (Lipinski definition) is 2. The van der Waals surface area contributed by atoms with Crippen molar-refractivity contribution in [1.29, 1.82) is 0 Å². The second-order valence-corrected chi connectivity index (χ2v) is 9.04. The molecule has 27 heavy (non-hydrogen) atoms. The van der Waals surface area contributed by atoms with Crippen molar-refractivity contribution in [2.75, 3.05) is 5.75 Å². The third-order valence-electron chi connectivity index (χ3n) is 5.37. The summed E-state index contributed by atoms with van der Waals surface area (Å²) in [6, 6.07) is 0. The molecule has 0 saturated carbocycles. The van der Waals surface area contributed by atoms with Crippen molar-refractivity contribution in [3.8, 4) is 0 Å². The lowest BCUT2D eigenvalue weighted by molar-refractivity contribution is -0.150. The second-order valence-electron chi connectivity index (χ2n) is 8.01. The molecule has 162 valence electrons. The van der Waals surface area contributed by atoms with E-state index in [-0.39, 0.29) is 17.3 Å². The number of carbonyl (C=O) groups is 1. The Kier molecular flexibility index (Phi) is 19.6. The molecule has 3 atom stereocenters. The third kappa shape index (κ3) is 15.7. The Morgan fingerprint density at radius 1 is 0.815 bits per heavy atom. The summed E-state index contributed by atoms with van der Waals surface area (Å²) >= 11 is 9.16. The molecule has 0 bridgehead atoms. The predicted molar refractivity (Wildman–Crippen MR) is 126 cm³/mol. The fourth-order valence-corrected chi connectivity index (χ4v) is 4.21. The van der Waals surface area contributed by atoms with Crippen LogP contribution in [-0.4, -0.2) is 23.1 Å². The van der Waals surface area contributed by atoms with E-state index in [1.807, 2.05) is 0 Å². The number of carbonyl (C=O) groups excluding carboxylic acids is 1. The van der Waals surface area contributed by atoms with E-state index >= 15 is 0 Å². The third-order valence-corrected chi connectivity index (χ3v) is 6.65. The van der Waals surface area contributed by atoms with Gasteiger partial charge >= 0.3 is 5.97 Å². The number of hydrogen-bond acceptors (Lipinski definition) is 4. The normalized spacial score (nSPS) is 14.7. The van der Waals surface area contributed by atoms with E-state index in [2.05, 4.69) is 33.4 Å². The van der Waals surface area contributed by atoms with E-state index in [0.29, 0.717) is 12.3 Å². The summed E-state index contributed by atoms with van der Waals surface area (Å²) in [6.07, 6.45) is 16.9. The molecule has 0 aliphatic rings. The molecule has 0 saturated heterocycles. The fraction of sp³-hybridized carbons (Fsp3) is 0.957. The van der Waals surface area contributed by atoms with Gasteiger partial charge in [-0.25, -0.2) is 0 Å². The minimum atomic E-state index is 0.00261. The van der Waals surface area contributed by atoms with Gasteiger partial charge in [-0.05, 0) is 38.0 Å². The average Bonchev–Trinajstić information content (AvgIpc) is 2.66. The van der Waals surface area contributed by atoms with Crippen molar-refractivity contribution in [2.24, 2.45) is 5.92 Å². The molecule has 0 spiro atoms. The summed E-state index contributed by atoms with van der Waals surface area (Å²) < 4.78 is 5.93. The van der Waals surface area contributed by atoms with Crippen LogP contribution in [0.4, 0.5) is 0 Å². The number of thiol groups is 2. The van der Waals surface area contributed by atoms with E-state index in [9.17, 15) is 4.79 Å². The van der Waals surface area contributed by atoms with Gasteiger partial charge in [0.15, 0.2) is 0 Å². The Morgan fingerprint density at radius 3 is 2.00 bits per heavy atom. The van der Waals surface area contributed by atoms with Gasteiger partial charge < -0.3 is 4.74 Å². The lowest BCUT2D eigenvalue weighted by Crippen LogP contribution is -2.26. The summed E-state index contributed by atoms with van der Waals surface area (Å²) in [5.41, 5.74) is 0. The number of ether oxygens (including phenoxy) is 1. The molecule has 0 N–H and O–H groups in total. The molecule has 0 aliphatic heterocycles. The van der Waals surface area contributed by atoms with Crippen LogP contribution >= 0.6 is 25.3 Å². The Hall–Kier alpha value is 0.170. The van der Waals surface area contributed by atoms with Crippen molar-refractivity contribution in [1.82, 2.24) is 0 Å². The molecular weight excluding hydrogens is 372 g/mol. The topological polar surface area (TPSA) is 26.3 Å². The molecule has 0 radical (unpaired) electrons. The molecule has 3 unspecified atom stereocenters. The van der Waals surface area contributed by atoms with Crippen LogP contribution in [0, 0.1) is 5.92 Å². The highest BCUT2D eigenvalue weighted by Gasteiger charge is 2.23. The van der Waals surface area contributed by atoms with Crippen LogP contribution in [0.3, 0.4) is 0 Å². The number of unbranched alkanes of at least 4 members (excludes halogenated alkanes) is 8. The summed E-state index contributed by atoms with van der Waals surface area (Å²) in [5.74, 6) is 1.26. The first kappa shape index (κ1) is 27.2. The van der Waals surface area contributed by atoms with Gasteiger partial charge in [-0.15, -0.1) is 0 Å². The van der Waals surface area contributed by atoms with Crippen molar-refractivity contribution in [3.05, 3.63) is 0 Å². The maximum absolute atomic E-state index is 12.4. The first-order valence-electron chi connectivity index (χ1n) is 11.6. The van der Waals surface area contributed by atoms with Crippen LogP contribution in [0.25, 0.3) is 0 Å². The van der Waals surface area contributed by atoms with Crippen LogP contribution in [0.5, 0.6) is 0 Å². The first-order chi connectivity index (χ1) is 13.1. The molecule has 0 heterocycles. The van der Waals surface area contributed by atoms with E-state index < -0.39 is 0 Å². The molecule has 0 rings (SSSR count). The van der Waals surface area contributed by atoms with E-state index in [4.69, 9.17) is 17.4 Å². The second kappa shape index (κ2) is 19.5. The van der Waals surface area contributed by atoms with E-state index in [0.717, 1.165) is 50.7 Å². The maximum Gasteiger partial charge on any atom is 0.306 e. The van der Waals surface area contributed by atoms with Gasteiger partial charge in [0.25, 0.3) is 0 Å². The summed E-state index contributed by atoms with van der Waals surface area (Å²) in [6.45, 7) is 6.67. The average molecular weight is 419 g/mol. The lowest BCUT2D eigenvalue weighted by Gasteiger charge is -2.27. The molecular formula is C23H46O2S2. The van der Waals surface area contributed by atoms with Crippen LogP contribution in [0.1, 0.15) is 117 Å². The molecule has 4 heteroatoms. The van der Waals surface area contributed by atoms with Gasteiger partial charge in [-0.1, -0.05) is 78.6 Å². The zero-order valence-electron chi connectivity index (χ0n) is 18.3. The highest BCUT2D eigenvalue weighted by molar-refractivity contribution is 7.84. The smallest absolute Gasteiger partial charge is 0.306 e. The van der Waals surface area contributed by atoms with E-state index in [1.165, 1.54) is 44.9 Å². The van der Waals surface area contributed by atoms with Crippen LogP contribution in [0.15, 0.2) is 0 Å². The van der Waals surface area contributed by atoms with E-state index in [1.54, 1.807) is 0 Å². The minimum Gasteiger partial charge on any atom is -0.462 e. The zero-order chi connectivity index (χ0) is 20.3. The summed E-state index contributed by atoms with van der Waals surface area (Å²) in [7, 11) is 0. The standard InChI is InChI=1S/C23H46O2S2/c1-4-7-9-11-12-14-17-23(24)25-21(16-13-10-8-5-2)18-20(15-6-3)22(27)19-26/h20-22,26-27H,4-19H2,1-3H3. The largest absolute Gasteiger partial charge is 0.462 e. The summed E-state index contributed by atoms with van der Waals surface area (Å²) in [4.78, 5) is 12.4. The highest BCUT2D eigenvalue weighted by Crippen LogP contribution is 2.26. The Labute approximate surface area is 180 Å². The highest BCUT2D eigenvalue weighted by atomic mass is 32.1. The van der Waals surface area contributed by atoms with Crippen molar-refractivity contribution >= 4 is 31.2 Å². The van der Waals surface area contributed by atoms with Crippen LogP contribution < -0.4 is 0 Å². The van der Waals surface area contributed by atoms with Crippen molar-refractivity contribution in [3.63, 3.8) is 0 Å². The van der Waals surface area contributed by atoms with Gasteiger partial charge in [0.2, 0.25) is 0 Å². The minimum absolute atomic E-state index is 0.00261. The quantitative estimate of drug-likeness (QED) is 0.128. The maximum atomic E-state index is 12.4. The number of esters is 1. The lowest BCUT2D eigenvalue weighted by atomic mass is 9.91. The van der Waals surface area contributed by atoms with Gasteiger partial charge in [0, 0.05) is 17.4 Å². The molecule has 2 nitrogen and oxygen atoms in total. The number of rotatable bonds is 19. The zero-order valence-corrected chi connectivity index (χ0v) is 20.0. The molecule has 0 aliphatic carbocycles. The van der Waals surface area contributed by atoms with Crippen molar-refractivity contribution in [2.45, 2.75) is 128 Å². The van der Waals surface area contributed by atoms with Crippen LogP contribution in [0.2, 0.25) is 0 Å². The first-order valence-corrected chi connectivity index (χ1v) is 12.7. The van der Waals surface area contributed by atoms with Gasteiger partial charge in [-0.2, -0.15) is 25.3 Å². The van der Waals surface area contributed by atoms with Crippen molar-refractivity contribution < 1.29 is 9.53 Å². The summed E-state index contributed by atoms with van der Waals surface area (Å²) in [5, 5.41) is 0.281. The monoisotopic (exact) mass is 418 g/mol. The van der Waals surface area contributed by atoms with Gasteiger partial charge in [0.05, 0.1) is 0 Å². The Balaban J connectivity index is 4.43. The molecule has 0 amide bonds. The molecule has 0 aromatic heterocycles. The fourth-order valence-electron chi connectivity index (χ4n) is 3.64. The predicted octanol–water partition coefficient (Wildman–Crippen LogP) is 7.65. The molecule has 0 fully saturated rings. The molecule has 0 aromatic carbocycles. The SMILES string of the molecule is CCCCCCCCC(=O)OC(CCCCCC)CC(CCC)C(S)CS. The Morgan fingerprint density at radius 2 is 1.41 bits per heavy atom. The van der Waals surface area contributed by atoms with Gasteiger partial charge in [0.1, 0.15) is 6.10 Å². The molecule has 0 aromatic rings. The van der Waals surface area contributed by atoms with Crippen LogP contribution in [-0.2, 0) is 9.53 Å².